The third-order valence-electron chi connectivity index (χ3n) is 13.0. The number of hydrogen-bond donors (Lipinski definition) is 3. The second-order valence-electron chi connectivity index (χ2n) is 20.7. The molecule has 1 fully saturated rings. The molecule has 0 bridgehead atoms. The Balaban J connectivity index is 0.874. The molecule has 2 aromatic rings. The highest BCUT2D eigenvalue weighted by atomic mass is 32.1. The summed E-state index contributed by atoms with van der Waals surface area (Å²) < 4.78 is 131. The van der Waals surface area contributed by atoms with Crippen LogP contribution in [-0.2, 0) is 135 Å². The minimum atomic E-state index is -0.611. The van der Waals surface area contributed by atoms with Gasteiger partial charge in [0.05, 0.1) is 306 Å². The molecule has 32 heteroatoms. The molecule has 562 valence electrons. The SMILES string of the molecule is COCCOCCOCCOCCOCCOCCOCCOCCOCCOCCOCCOCCOCCOCCOCCOCCOCCOCCOCCOCCOCCOCCNC(=O)COCC(=O)OC1CNC(C(=O)NCc2ccc(-c3scnc3C)cc2)C1. The number of aryl methyl sites for hydroxylation is 1. The number of rotatable bonds is 75. The lowest BCUT2D eigenvalue weighted by Gasteiger charge is -2.13. The first-order chi connectivity index (χ1) is 48.0. The molecule has 0 radical (unpaired) electrons. The van der Waals surface area contributed by atoms with Crippen LogP contribution in [0, 0.1) is 6.92 Å². The Labute approximate surface area is 577 Å². The zero-order valence-electron chi connectivity index (χ0n) is 57.6. The quantitative estimate of drug-likeness (QED) is 0.0617. The standard InChI is InChI=1S/C65H114N4O27S/c1-57-64(97-56-69-57)59-5-3-58(4-6-59)52-68-65(72)61-51-60(53-67-61)96-63(71)55-95-54-62(70)66-7-8-74-11-12-76-15-16-78-19-20-80-23-24-82-27-28-84-31-32-86-35-36-88-39-40-90-43-44-92-47-48-94-50-49-93-46-45-91-42-41-89-38-37-87-34-33-85-30-29-83-26-25-81-22-21-79-18-17-77-14-13-75-10-9-73-2/h3-6,56,60-61,67H,7-55H2,1-2H3,(H,66,70)(H,68,72). The van der Waals surface area contributed by atoms with Gasteiger partial charge >= 0.3 is 5.97 Å². The van der Waals surface area contributed by atoms with E-state index in [1.165, 1.54) is 0 Å². The van der Waals surface area contributed by atoms with Gasteiger partial charge in [-0.3, -0.25) is 9.59 Å². The molecular formula is C65H114N4O27S. The zero-order valence-corrected chi connectivity index (χ0v) is 58.4. The van der Waals surface area contributed by atoms with Crippen LogP contribution in [0.3, 0.4) is 0 Å². The van der Waals surface area contributed by atoms with Crippen LogP contribution in [0.2, 0.25) is 0 Å². The van der Waals surface area contributed by atoms with Gasteiger partial charge in [-0.2, -0.15) is 0 Å². The minimum Gasteiger partial charge on any atom is -0.459 e. The predicted molar refractivity (Wildman–Crippen MR) is 353 cm³/mol. The molecule has 2 heterocycles. The number of hydrogen-bond acceptors (Lipinski definition) is 30. The van der Waals surface area contributed by atoms with E-state index < -0.39 is 24.0 Å². The van der Waals surface area contributed by atoms with Crippen LogP contribution in [0.4, 0.5) is 0 Å². The highest BCUT2D eigenvalue weighted by Crippen LogP contribution is 2.27. The van der Waals surface area contributed by atoms with Crippen molar-refractivity contribution in [1.82, 2.24) is 20.9 Å². The second kappa shape index (κ2) is 68.1. The summed E-state index contributed by atoms with van der Waals surface area (Å²) >= 11 is 1.59. The maximum Gasteiger partial charge on any atom is 0.332 e. The van der Waals surface area contributed by atoms with Crippen molar-refractivity contribution < 1.29 is 128 Å². The molecule has 3 rings (SSSR count). The minimum absolute atomic E-state index is 0.172. The van der Waals surface area contributed by atoms with Crippen LogP contribution < -0.4 is 16.0 Å². The van der Waals surface area contributed by atoms with E-state index in [0.29, 0.717) is 297 Å². The fraction of sp³-hybridized carbons (Fsp3) is 0.815. The summed E-state index contributed by atoms with van der Waals surface area (Å²) in [6.45, 7) is 22.6. The molecule has 1 aliphatic rings. The van der Waals surface area contributed by atoms with Crippen LogP contribution in [0.15, 0.2) is 29.8 Å². The summed E-state index contributed by atoms with van der Waals surface area (Å²) in [5, 5.41) is 8.69. The van der Waals surface area contributed by atoms with Crippen molar-refractivity contribution in [3.63, 3.8) is 0 Å². The van der Waals surface area contributed by atoms with Crippen LogP contribution >= 0.6 is 11.3 Å². The summed E-state index contributed by atoms with van der Waals surface area (Å²) in [5.74, 6) is -1.17. The Bertz CT molecular complexity index is 2060. The first-order valence-corrected chi connectivity index (χ1v) is 34.5. The topological polar surface area (TPSA) is 322 Å². The van der Waals surface area contributed by atoms with Gasteiger partial charge < -0.3 is 130 Å². The molecule has 1 aliphatic heterocycles. The number of amides is 2. The number of esters is 1. The number of thiazole rings is 1. The number of nitrogens with zero attached hydrogens (tertiary/aromatic N) is 1. The first kappa shape index (κ1) is 87.5. The second-order valence-corrected chi connectivity index (χ2v) is 21.5. The fourth-order valence-electron chi connectivity index (χ4n) is 8.06. The predicted octanol–water partition coefficient (Wildman–Crippen LogP) is 1.14. The van der Waals surface area contributed by atoms with Crippen molar-refractivity contribution in [2.75, 3.05) is 318 Å². The van der Waals surface area contributed by atoms with Crippen LogP contribution in [0.1, 0.15) is 17.7 Å². The number of ether oxygens (including phenoxy) is 24. The summed E-state index contributed by atoms with van der Waals surface area (Å²) in [4.78, 5) is 42.5. The summed E-state index contributed by atoms with van der Waals surface area (Å²) in [5.41, 5.74) is 4.87. The molecule has 1 saturated heterocycles. The average Bonchev–Trinajstić information content (AvgIpc) is 2.04. The van der Waals surface area contributed by atoms with E-state index in [1.807, 2.05) is 36.7 Å². The van der Waals surface area contributed by atoms with Gasteiger partial charge in [-0.25, -0.2) is 9.78 Å². The lowest BCUT2D eigenvalue weighted by atomic mass is 10.1. The van der Waals surface area contributed by atoms with Crippen LogP contribution in [-0.4, -0.2) is 352 Å². The normalized spacial score (nSPS) is 13.9. The number of carbonyl (C=O) groups excluding carboxylic acids is 3. The van der Waals surface area contributed by atoms with E-state index in [9.17, 15) is 14.4 Å². The fourth-order valence-corrected chi connectivity index (χ4v) is 8.87. The van der Waals surface area contributed by atoms with Crippen molar-refractivity contribution >= 4 is 29.1 Å². The molecule has 1 aromatic carbocycles. The van der Waals surface area contributed by atoms with E-state index in [-0.39, 0.29) is 32.3 Å². The van der Waals surface area contributed by atoms with Gasteiger partial charge in [0.2, 0.25) is 11.8 Å². The molecule has 0 saturated carbocycles. The Hall–Kier alpha value is -3.70. The van der Waals surface area contributed by atoms with E-state index >= 15 is 0 Å². The summed E-state index contributed by atoms with van der Waals surface area (Å²) in [6, 6.07) is 7.52. The van der Waals surface area contributed by atoms with E-state index in [4.69, 9.17) is 114 Å². The lowest BCUT2D eigenvalue weighted by molar-refractivity contribution is -0.154. The third kappa shape index (κ3) is 55.6. The summed E-state index contributed by atoms with van der Waals surface area (Å²) in [6.07, 6.45) is -0.142. The average molecular weight is 1420 g/mol. The monoisotopic (exact) mass is 1410 g/mol. The maximum atomic E-state index is 12.7. The lowest BCUT2D eigenvalue weighted by Crippen LogP contribution is -2.39. The van der Waals surface area contributed by atoms with Gasteiger partial charge in [0.25, 0.3) is 0 Å². The maximum absolute atomic E-state index is 12.7. The smallest absolute Gasteiger partial charge is 0.332 e. The molecule has 2 atom stereocenters. The van der Waals surface area contributed by atoms with E-state index in [0.717, 1.165) is 21.7 Å². The van der Waals surface area contributed by atoms with E-state index in [1.54, 1.807) is 18.4 Å². The van der Waals surface area contributed by atoms with Gasteiger partial charge in [0, 0.05) is 33.2 Å². The highest BCUT2D eigenvalue weighted by Gasteiger charge is 2.31. The van der Waals surface area contributed by atoms with E-state index in [2.05, 4.69) is 20.9 Å². The Morgan fingerprint density at radius 2 is 0.722 bits per heavy atom. The van der Waals surface area contributed by atoms with Crippen molar-refractivity contribution in [2.45, 2.75) is 32.0 Å². The Kier molecular flexibility index (Phi) is 61.4. The molecule has 97 heavy (non-hydrogen) atoms. The molecule has 3 N–H and O–H groups in total. The number of benzene rings is 1. The Morgan fingerprint density at radius 3 is 1.02 bits per heavy atom. The van der Waals surface area contributed by atoms with Gasteiger partial charge in [-0.1, -0.05) is 24.3 Å². The van der Waals surface area contributed by atoms with Crippen molar-refractivity contribution in [1.29, 1.82) is 0 Å². The van der Waals surface area contributed by atoms with Crippen LogP contribution in [0.25, 0.3) is 10.4 Å². The highest BCUT2D eigenvalue weighted by molar-refractivity contribution is 7.13. The number of nitrogens with one attached hydrogen (secondary N) is 3. The molecule has 0 aliphatic carbocycles. The van der Waals surface area contributed by atoms with Crippen LogP contribution in [0.5, 0.6) is 0 Å². The van der Waals surface area contributed by atoms with Crippen molar-refractivity contribution in [3.8, 4) is 10.4 Å². The van der Waals surface area contributed by atoms with Gasteiger partial charge in [-0.15, -0.1) is 11.3 Å². The molecular weight excluding hydrogens is 1300 g/mol. The van der Waals surface area contributed by atoms with Gasteiger partial charge in [0.1, 0.15) is 19.3 Å². The molecule has 31 nitrogen and oxygen atoms in total. The molecule has 0 spiro atoms. The molecule has 2 amide bonds. The number of carbonyl (C=O) groups is 3. The number of aromatic nitrogens is 1. The van der Waals surface area contributed by atoms with Crippen molar-refractivity contribution in [3.05, 3.63) is 41.0 Å². The van der Waals surface area contributed by atoms with Crippen molar-refractivity contribution in [2.24, 2.45) is 0 Å². The molecule has 1 aromatic heterocycles. The Morgan fingerprint density at radius 1 is 0.412 bits per heavy atom. The first-order valence-electron chi connectivity index (χ1n) is 33.6. The zero-order chi connectivity index (χ0) is 68.9. The summed E-state index contributed by atoms with van der Waals surface area (Å²) in [7, 11) is 1.64. The largest absolute Gasteiger partial charge is 0.459 e. The molecule has 2 unspecified atom stereocenters. The third-order valence-corrected chi connectivity index (χ3v) is 14.0. The van der Waals surface area contributed by atoms with Gasteiger partial charge in [-0.05, 0) is 18.1 Å². The van der Waals surface area contributed by atoms with Gasteiger partial charge in [0.15, 0.2) is 0 Å². The number of methoxy groups -OCH3 is 1.